The second-order valence-corrected chi connectivity index (χ2v) is 11.7. The highest BCUT2D eigenvalue weighted by Crippen LogP contribution is 2.26. The number of hydrogen-bond acceptors (Lipinski definition) is 2. The fourth-order valence-electron chi connectivity index (χ4n) is 0.259. The number of alkyl halides is 3. The van der Waals surface area contributed by atoms with Crippen molar-refractivity contribution in [3.05, 3.63) is 0 Å². The van der Waals surface area contributed by atoms with Gasteiger partial charge in [-0.1, -0.05) is 3.91 Å². The van der Waals surface area contributed by atoms with E-state index in [9.17, 15) is 21.6 Å². The monoisotopic (exact) mass is 257 g/mol. The second kappa shape index (κ2) is 3.40. The zero-order chi connectivity index (χ0) is 10.2. The normalized spacial score (nSPS) is 14.8. The van der Waals surface area contributed by atoms with Crippen LogP contribution in [0.1, 0.15) is 0 Å². The molecule has 0 saturated heterocycles. The lowest BCUT2D eigenvalue weighted by atomic mass is 11.6. The Kier molecular flexibility index (Phi) is 3.57. The predicted octanol–water partition coefficient (Wildman–Crippen LogP) is -0.923. The van der Waals surface area contributed by atoms with Crippen LogP contribution in [0.2, 0.25) is 3.91 Å². The zero-order valence-corrected chi connectivity index (χ0v) is 10.2. The summed E-state index contributed by atoms with van der Waals surface area (Å²) >= 11 is 0. The summed E-state index contributed by atoms with van der Waals surface area (Å²) in [5.41, 5.74) is -5.21. The highest BCUT2D eigenvalue weighted by atomic mass is 32.4. The van der Waals surface area contributed by atoms with Crippen molar-refractivity contribution in [3.63, 3.8) is 0 Å². The van der Waals surface area contributed by atoms with E-state index >= 15 is 0 Å². The Balaban J connectivity index is 4.70. The number of halogens is 3. The van der Waals surface area contributed by atoms with Gasteiger partial charge in [-0.05, 0) is 0 Å². The molecular formula is C2F3O2SSi4. The minimum atomic E-state index is -5.21. The van der Waals surface area contributed by atoms with Crippen molar-refractivity contribution in [3.8, 4) is 0 Å². The van der Waals surface area contributed by atoms with Gasteiger partial charge in [0.25, 0.3) is 0 Å². The van der Waals surface area contributed by atoms with Crippen molar-refractivity contribution < 1.29 is 21.6 Å². The molecule has 0 rings (SSSR count). The molecule has 0 heterocycles. The summed E-state index contributed by atoms with van der Waals surface area (Å²) in [6.07, 6.45) is 0. The molecular weight excluding hydrogens is 257 g/mol. The maximum absolute atomic E-state index is 11.7. The Hall–Kier alpha value is 0.608. The molecule has 0 aromatic rings. The van der Waals surface area contributed by atoms with Crippen LogP contribution in [0, 0.1) is 0 Å². The van der Waals surface area contributed by atoms with Crippen LogP contribution < -0.4 is 0 Å². The van der Waals surface area contributed by atoms with Crippen molar-refractivity contribution in [1.82, 2.24) is 0 Å². The van der Waals surface area contributed by atoms with Crippen molar-refractivity contribution in [2.45, 2.75) is 9.42 Å². The lowest BCUT2D eigenvalue weighted by molar-refractivity contribution is -0.0414. The largest absolute Gasteiger partial charge is 0.490 e. The molecule has 0 aliphatic carbocycles. The van der Waals surface area contributed by atoms with Crippen LogP contribution in [-0.4, -0.2) is 53.3 Å². The van der Waals surface area contributed by atoms with Gasteiger partial charge in [0.05, 0.1) is 0 Å². The van der Waals surface area contributed by atoms with E-state index in [1.54, 1.807) is 0 Å². The lowest BCUT2D eigenvalue weighted by Crippen LogP contribution is -2.37. The average molecular weight is 257 g/mol. The van der Waals surface area contributed by atoms with E-state index in [0.717, 1.165) is 0 Å². The van der Waals surface area contributed by atoms with Gasteiger partial charge in [0.1, 0.15) is 0 Å². The highest BCUT2D eigenvalue weighted by molar-refractivity contribution is 8.16. The summed E-state index contributed by atoms with van der Waals surface area (Å²) in [6, 6.07) is 0. The van der Waals surface area contributed by atoms with Gasteiger partial charge in [-0.15, -0.1) is 0 Å². The first-order valence-electron chi connectivity index (χ1n) is 2.31. The molecule has 0 unspecified atom stereocenters. The van der Waals surface area contributed by atoms with E-state index in [1.807, 2.05) is 0 Å². The average Bonchev–Trinajstić information content (AvgIpc) is 1.52. The Labute approximate surface area is 80.0 Å². The van der Waals surface area contributed by atoms with Gasteiger partial charge >= 0.3 is 5.51 Å². The Morgan fingerprint density at radius 2 is 1.42 bits per heavy atom. The second-order valence-electron chi connectivity index (χ2n) is 1.80. The molecule has 0 aromatic heterocycles. The topological polar surface area (TPSA) is 34.1 Å². The van der Waals surface area contributed by atoms with Crippen LogP contribution in [0.15, 0.2) is 0 Å². The summed E-state index contributed by atoms with van der Waals surface area (Å²) in [5, 5.41) is 0. The van der Waals surface area contributed by atoms with Gasteiger partial charge < -0.3 is 0 Å². The van der Waals surface area contributed by atoms with Gasteiger partial charge in [-0.3, -0.25) is 0 Å². The maximum atomic E-state index is 11.7. The number of rotatable bonds is 2. The molecule has 0 aliphatic rings. The van der Waals surface area contributed by atoms with Crippen molar-refractivity contribution in [2.24, 2.45) is 0 Å². The molecule has 0 spiro atoms. The first-order chi connectivity index (χ1) is 4.96. The molecule has 0 aromatic carbocycles. The molecule has 0 saturated carbocycles. The Morgan fingerprint density at radius 3 is 1.50 bits per heavy atom. The lowest BCUT2D eigenvalue weighted by Gasteiger charge is -2.16. The minimum Gasteiger partial charge on any atom is -0.228 e. The molecule has 0 atom stereocenters. The molecule has 0 aliphatic heterocycles. The van der Waals surface area contributed by atoms with E-state index in [0.29, 0.717) is 0 Å². The van der Waals surface area contributed by atoms with E-state index < -0.39 is 27.4 Å². The molecule has 63 valence electrons. The fourth-order valence-corrected chi connectivity index (χ4v) is 5.96. The third-order valence-electron chi connectivity index (χ3n) is 0.592. The van der Waals surface area contributed by atoms with E-state index in [1.165, 1.54) is 0 Å². The zero-order valence-electron chi connectivity index (χ0n) is 5.36. The minimum absolute atomic E-state index is 1.39. The first-order valence-corrected chi connectivity index (χ1v) is 7.02. The Bertz CT molecular complexity index is 250. The summed E-state index contributed by atoms with van der Waals surface area (Å²) < 4.78 is 54.7. The quantitative estimate of drug-likeness (QED) is 0.600. The molecule has 0 N–H and O–H groups in total. The SMILES string of the molecule is O=S(=O)([Si]C([Si])([Si])[Si])C(F)(F)F. The van der Waals surface area contributed by atoms with Crippen molar-refractivity contribution in [1.29, 1.82) is 0 Å². The van der Waals surface area contributed by atoms with E-state index in [2.05, 4.69) is 30.7 Å². The highest BCUT2D eigenvalue weighted by Gasteiger charge is 2.47. The maximum Gasteiger partial charge on any atom is 0.490 e. The predicted molar refractivity (Wildman–Crippen MR) is 40.7 cm³/mol. The molecule has 10 heteroatoms. The number of hydrogen-bond donors (Lipinski definition) is 0. The van der Waals surface area contributed by atoms with Crippen LogP contribution in [0.5, 0.6) is 0 Å². The van der Waals surface area contributed by atoms with Gasteiger partial charge in [0.15, 0.2) is 0 Å². The van der Waals surface area contributed by atoms with E-state index in [-0.39, 0.29) is 0 Å². The molecule has 0 amide bonds. The standard InChI is InChI=1S/C2F3O2SSi4/c3-1(4,5)8(6,7)12-2(9,10)11. The molecule has 0 bridgehead atoms. The summed E-state index contributed by atoms with van der Waals surface area (Å²) in [4.78, 5) is 0. The molecule has 12 heavy (non-hydrogen) atoms. The van der Waals surface area contributed by atoms with Crippen LogP contribution in [-0.2, 0) is 9.29 Å². The smallest absolute Gasteiger partial charge is 0.228 e. The fraction of sp³-hybridized carbons (Fsp3) is 1.00. The van der Waals surface area contributed by atoms with Gasteiger partial charge in [-0.25, -0.2) is 8.42 Å². The summed E-state index contributed by atoms with van der Waals surface area (Å²) in [5.74, 6) is 0. The molecule has 11 radical (unpaired) electrons. The van der Waals surface area contributed by atoms with Gasteiger partial charge in [0, 0.05) is 30.7 Å². The molecule has 0 fully saturated rings. The van der Waals surface area contributed by atoms with Crippen LogP contribution in [0.3, 0.4) is 0 Å². The van der Waals surface area contributed by atoms with Gasteiger partial charge in [0.2, 0.25) is 18.0 Å². The van der Waals surface area contributed by atoms with Crippen LogP contribution in [0.25, 0.3) is 0 Å². The third kappa shape index (κ3) is 4.02. The third-order valence-corrected chi connectivity index (χ3v) is 6.95. The summed E-state index contributed by atoms with van der Waals surface area (Å²) in [7, 11) is 1.69. The molecule has 2 nitrogen and oxygen atoms in total. The summed E-state index contributed by atoms with van der Waals surface area (Å²) in [6.45, 7) is 0. The van der Waals surface area contributed by atoms with Crippen LogP contribution in [0.4, 0.5) is 13.2 Å². The Morgan fingerprint density at radius 1 is 1.08 bits per heavy atom. The van der Waals surface area contributed by atoms with Crippen molar-refractivity contribution in [2.75, 3.05) is 0 Å². The van der Waals surface area contributed by atoms with Crippen molar-refractivity contribution >= 4 is 48.7 Å². The van der Waals surface area contributed by atoms with Crippen LogP contribution >= 0.6 is 0 Å². The van der Waals surface area contributed by atoms with Gasteiger partial charge in [-0.2, -0.15) is 13.2 Å². The van der Waals surface area contributed by atoms with E-state index in [4.69, 9.17) is 0 Å². The first kappa shape index (κ1) is 12.6.